The zero-order valence-corrected chi connectivity index (χ0v) is 16.5. The summed E-state index contributed by atoms with van der Waals surface area (Å²) in [5.41, 5.74) is 1.91. The van der Waals surface area contributed by atoms with E-state index in [1.165, 1.54) is 0 Å². The Balaban J connectivity index is 1.90. The van der Waals surface area contributed by atoms with Gasteiger partial charge in [-0.1, -0.05) is 15.9 Å². The van der Waals surface area contributed by atoms with Gasteiger partial charge >= 0.3 is 0 Å². The van der Waals surface area contributed by atoms with Crippen LogP contribution < -0.4 is 10.6 Å². The number of carbonyl (C=O) groups is 1. The Labute approximate surface area is 152 Å². The van der Waals surface area contributed by atoms with Gasteiger partial charge in [-0.2, -0.15) is 0 Å². The van der Waals surface area contributed by atoms with Crippen molar-refractivity contribution in [2.75, 3.05) is 11.9 Å². The Hall–Kier alpha value is -1.14. The van der Waals surface area contributed by atoms with E-state index in [0.717, 1.165) is 27.3 Å². The molecule has 1 atom stereocenters. The number of hydrogen-bond acceptors (Lipinski definition) is 2. The van der Waals surface area contributed by atoms with Crippen molar-refractivity contribution in [2.45, 2.75) is 52.1 Å². The van der Waals surface area contributed by atoms with Gasteiger partial charge in [-0.25, -0.2) is 0 Å². The minimum atomic E-state index is 0.00950. The minimum absolute atomic E-state index is 0.00950. The van der Waals surface area contributed by atoms with Crippen LogP contribution in [-0.2, 0) is 4.79 Å². The molecule has 1 heterocycles. The molecule has 1 aliphatic rings. The fourth-order valence-corrected chi connectivity index (χ4v) is 4.01. The maximum absolute atomic E-state index is 12.2. The zero-order valence-electron chi connectivity index (χ0n) is 14.1. The fraction of sp³-hybridized carbons (Fsp3) is 0.529. The van der Waals surface area contributed by atoms with E-state index >= 15 is 0 Å². The second-order valence-electron chi connectivity index (χ2n) is 6.82. The molecule has 126 valence electrons. The number of hydrogen-bond donors (Lipinski definition) is 2. The molecule has 0 spiro atoms. The van der Waals surface area contributed by atoms with Crippen molar-refractivity contribution in [1.82, 2.24) is 10.2 Å². The summed E-state index contributed by atoms with van der Waals surface area (Å²) in [5, 5.41) is 7.06. The van der Waals surface area contributed by atoms with Crippen molar-refractivity contribution in [2.24, 2.45) is 0 Å². The zero-order chi connectivity index (χ0) is 17.2. The van der Waals surface area contributed by atoms with E-state index < -0.39 is 0 Å². The molecule has 23 heavy (non-hydrogen) atoms. The third-order valence-electron chi connectivity index (χ3n) is 4.09. The predicted molar refractivity (Wildman–Crippen MR) is 103 cm³/mol. The van der Waals surface area contributed by atoms with Crippen LogP contribution in [0.4, 0.5) is 5.69 Å². The van der Waals surface area contributed by atoms with Crippen LogP contribution in [-0.4, -0.2) is 34.0 Å². The van der Waals surface area contributed by atoms with E-state index in [9.17, 15) is 4.79 Å². The summed E-state index contributed by atoms with van der Waals surface area (Å²) >= 11 is 8.87. The van der Waals surface area contributed by atoms with Crippen LogP contribution in [0.5, 0.6) is 0 Å². The van der Waals surface area contributed by atoms with Gasteiger partial charge in [0.1, 0.15) is 0 Å². The van der Waals surface area contributed by atoms with Gasteiger partial charge in [0.15, 0.2) is 5.11 Å². The molecule has 0 radical (unpaired) electrons. The van der Waals surface area contributed by atoms with E-state index in [-0.39, 0.29) is 11.4 Å². The van der Waals surface area contributed by atoms with Gasteiger partial charge in [-0.3, -0.25) is 4.79 Å². The van der Waals surface area contributed by atoms with Crippen molar-refractivity contribution in [1.29, 1.82) is 0 Å². The quantitative estimate of drug-likeness (QED) is 0.757. The highest BCUT2D eigenvalue weighted by atomic mass is 79.9. The van der Waals surface area contributed by atoms with Crippen LogP contribution in [0.1, 0.15) is 39.2 Å². The van der Waals surface area contributed by atoms with E-state index in [1.807, 2.05) is 25.1 Å². The Kier molecular flexibility index (Phi) is 5.68. The number of nitrogens with one attached hydrogen (secondary N) is 2. The van der Waals surface area contributed by atoms with Gasteiger partial charge in [-0.15, -0.1) is 0 Å². The summed E-state index contributed by atoms with van der Waals surface area (Å²) in [6.07, 6.45) is 1.42. The normalized spacial score (nSPS) is 20.1. The highest BCUT2D eigenvalue weighted by Crippen LogP contribution is 2.23. The molecule has 0 aromatic heterocycles. The lowest BCUT2D eigenvalue weighted by Gasteiger charge is -2.44. The summed E-state index contributed by atoms with van der Waals surface area (Å²) < 4.78 is 1.01. The molecule has 2 rings (SSSR count). The first-order valence-corrected chi connectivity index (χ1v) is 9.03. The molecule has 0 bridgehead atoms. The molecule has 0 saturated carbocycles. The van der Waals surface area contributed by atoms with E-state index in [4.69, 9.17) is 12.2 Å². The number of aryl methyl sites for hydroxylation is 1. The number of carbonyl (C=O) groups excluding carboxylic acids is 1. The minimum Gasteiger partial charge on any atom is -0.358 e. The van der Waals surface area contributed by atoms with Gasteiger partial charge in [0.05, 0.1) is 0 Å². The average molecular weight is 398 g/mol. The van der Waals surface area contributed by atoms with Crippen LogP contribution in [0.25, 0.3) is 0 Å². The van der Waals surface area contributed by atoms with Crippen LogP contribution in [0.3, 0.4) is 0 Å². The van der Waals surface area contributed by atoms with E-state index in [2.05, 4.69) is 52.2 Å². The van der Waals surface area contributed by atoms with Gasteiger partial charge in [0, 0.05) is 34.7 Å². The first-order valence-electron chi connectivity index (χ1n) is 7.83. The number of halogens is 1. The molecule has 4 nitrogen and oxygen atoms in total. The second kappa shape index (κ2) is 7.18. The Morgan fingerprint density at radius 3 is 2.83 bits per heavy atom. The summed E-state index contributed by atoms with van der Waals surface area (Å²) in [6.45, 7) is 9.07. The first kappa shape index (κ1) is 18.2. The molecular formula is C17H24BrN3OS. The third-order valence-corrected chi connectivity index (χ3v) is 4.92. The Morgan fingerprint density at radius 1 is 1.52 bits per heavy atom. The topological polar surface area (TPSA) is 44.4 Å². The molecule has 1 aromatic rings. The highest BCUT2D eigenvalue weighted by molar-refractivity contribution is 9.10. The van der Waals surface area contributed by atoms with Gasteiger partial charge in [0.25, 0.3) is 0 Å². The molecule has 1 amide bonds. The summed E-state index contributed by atoms with van der Waals surface area (Å²) in [5.74, 6) is 0.00950. The van der Waals surface area contributed by atoms with E-state index in [0.29, 0.717) is 19.0 Å². The average Bonchev–Trinajstić information content (AvgIpc) is 2.39. The van der Waals surface area contributed by atoms with E-state index in [1.54, 1.807) is 0 Å². The predicted octanol–water partition coefficient (Wildman–Crippen LogP) is 3.83. The molecule has 1 fully saturated rings. The molecule has 2 N–H and O–H groups in total. The summed E-state index contributed by atoms with van der Waals surface area (Å²) in [4.78, 5) is 14.3. The molecule has 1 aromatic carbocycles. The number of anilines is 1. The molecule has 1 saturated heterocycles. The number of thiocarbonyl (C=S) groups is 1. The van der Waals surface area contributed by atoms with Crippen molar-refractivity contribution >= 4 is 44.9 Å². The molecule has 0 unspecified atom stereocenters. The number of amides is 1. The number of nitrogens with zero attached hydrogens (tertiary/aromatic N) is 1. The SMILES string of the molecule is Cc1cc(Br)ccc1NC(=O)CCN1C(=S)NC(C)(C)C[C@@H]1C. The van der Waals surface area contributed by atoms with Crippen molar-refractivity contribution in [3.63, 3.8) is 0 Å². The second-order valence-corrected chi connectivity index (χ2v) is 8.12. The maximum atomic E-state index is 12.2. The van der Waals surface area contributed by atoms with Crippen LogP contribution in [0.15, 0.2) is 22.7 Å². The van der Waals surface area contributed by atoms with Gasteiger partial charge < -0.3 is 15.5 Å². The van der Waals surface area contributed by atoms with Crippen molar-refractivity contribution in [3.05, 3.63) is 28.2 Å². The largest absolute Gasteiger partial charge is 0.358 e. The summed E-state index contributed by atoms with van der Waals surface area (Å²) in [7, 11) is 0. The Morgan fingerprint density at radius 2 is 2.22 bits per heavy atom. The van der Waals surface area contributed by atoms with Crippen LogP contribution in [0.2, 0.25) is 0 Å². The molecular weight excluding hydrogens is 374 g/mol. The maximum Gasteiger partial charge on any atom is 0.226 e. The van der Waals surface area contributed by atoms with Gasteiger partial charge in [-0.05, 0) is 70.1 Å². The van der Waals surface area contributed by atoms with Gasteiger partial charge in [0.2, 0.25) is 5.91 Å². The number of benzene rings is 1. The summed E-state index contributed by atoms with van der Waals surface area (Å²) in [6, 6.07) is 6.16. The molecule has 6 heteroatoms. The fourth-order valence-electron chi connectivity index (χ4n) is 2.99. The van der Waals surface area contributed by atoms with Crippen LogP contribution >= 0.6 is 28.1 Å². The lowest BCUT2D eigenvalue weighted by Crippen LogP contribution is -2.60. The molecule has 1 aliphatic heterocycles. The lowest BCUT2D eigenvalue weighted by molar-refractivity contribution is -0.116. The molecule has 0 aliphatic carbocycles. The standard InChI is InChI=1S/C17H24BrN3OS/c1-11-9-13(18)5-6-14(11)19-15(22)7-8-21-12(2)10-17(3,4)20-16(21)23/h5-6,9,12H,7-8,10H2,1-4H3,(H,19,22)(H,20,23)/t12-/m0/s1. The van der Waals surface area contributed by atoms with Crippen LogP contribution in [0, 0.1) is 6.92 Å². The monoisotopic (exact) mass is 397 g/mol. The smallest absolute Gasteiger partial charge is 0.226 e. The lowest BCUT2D eigenvalue weighted by atomic mass is 9.93. The number of rotatable bonds is 4. The van der Waals surface area contributed by atoms with Crippen molar-refractivity contribution in [3.8, 4) is 0 Å². The highest BCUT2D eigenvalue weighted by Gasteiger charge is 2.32. The first-order chi connectivity index (χ1) is 10.7. The van der Waals surface area contributed by atoms with Crippen molar-refractivity contribution < 1.29 is 4.79 Å². The Bertz CT molecular complexity index is 618. The third kappa shape index (κ3) is 4.91.